The van der Waals surface area contributed by atoms with E-state index in [-0.39, 0.29) is 43.0 Å². The van der Waals surface area contributed by atoms with Gasteiger partial charge in [-0.3, -0.25) is 9.59 Å². The number of benzene rings is 2. The number of amides is 2. The lowest BCUT2D eigenvalue weighted by Crippen LogP contribution is -2.51. The van der Waals surface area contributed by atoms with E-state index in [1.807, 2.05) is 6.07 Å². The smallest absolute Gasteiger partial charge is 0.257 e. The van der Waals surface area contributed by atoms with Crippen LogP contribution in [-0.4, -0.2) is 46.5 Å². The van der Waals surface area contributed by atoms with Gasteiger partial charge in [-0.15, -0.1) is 0 Å². The summed E-state index contributed by atoms with van der Waals surface area (Å²) in [7, 11) is 0. The summed E-state index contributed by atoms with van der Waals surface area (Å²) < 4.78 is 47.4. The third kappa shape index (κ3) is 3.64. The van der Waals surface area contributed by atoms with Crippen molar-refractivity contribution in [3.8, 4) is 6.07 Å². The Morgan fingerprint density at radius 3 is 2.33 bits per heavy atom. The van der Waals surface area contributed by atoms with Gasteiger partial charge in [0.05, 0.1) is 17.7 Å². The summed E-state index contributed by atoms with van der Waals surface area (Å²) in [6.45, 7) is 0.450. The molecular weight excluding hydrogens is 435 g/mol. The molecule has 3 aliphatic rings. The fourth-order valence-corrected chi connectivity index (χ4v) is 5.17. The Labute approximate surface area is 188 Å². The predicted octanol–water partition coefficient (Wildman–Crippen LogP) is 3.67. The Morgan fingerprint density at radius 1 is 1.00 bits per heavy atom. The van der Waals surface area contributed by atoms with Crippen molar-refractivity contribution in [3.05, 3.63) is 70.5 Å². The first-order valence-electron chi connectivity index (χ1n) is 10.8. The van der Waals surface area contributed by atoms with E-state index in [0.29, 0.717) is 18.4 Å². The molecule has 0 aromatic heterocycles. The predicted molar refractivity (Wildman–Crippen MR) is 109 cm³/mol. The summed E-state index contributed by atoms with van der Waals surface area (Å²) in [4.78, 5) is 29.4. The van der Waals surface area contributed by atoms with Gasteiger partial charge in [-0.1, -0.05) is 0 Å². The van der Waals surface area contributed by atoms with Crippen molar-refractivity contribution in [2.75, 3.05) is 13.1 Å². The molecule has 6 nitrogen and oxygen atoms in total. The topological polar surface area (TPSA) is 73.6 Å². The van der Waals surface area contributed by atoms with Crippen LogP contribution in [0.15, 0.2) is 36.4 Å². The monoisotopic (exact) mass is 455 g/mol. The normalized spacial score (nSPS) is 23.6. The highest BCUT2D eigenvalue weighted by Crippen LogP contribution is 2.47. The number of piperidine rings is 1. The Bertz CT molecular complexity index is 1170. The fraction of sp³-hybridized carbons (Fsp3) is 0.375. The number of carbonyl (C=O) groups excluding carboxylic acids is 2. The van der Waals surface area contributed by atoms with Crippen LogP contribution in [0.3, 0.4) is 0 Å². The van der Waals surface area contributed by atoms with Gasteiger partial charge in [0.25, 0.3) is 11.8 Å². The number of carbonyl (C=O) groups is 2. The number of rotatable bonds is 2. The maximum Gasteiger partial charge on any atom is 0.257 e. The Hall–Kier alpha value is -3.38. The maximum atomic E-state index is 13.8. The minimum absolute atomic E-state index is 0.0570. The zero-order chi connectivity index (χ0) is 23.3. The first-order chi connectivity index (χ1) is 15.8. The lowest BCUT2D eigenvalue weighted by molar-refractivity contribution is -0.142. The van der Waals surface area contributed by atoms with Crippen molar-refractivity contribution in [1.82, 2.24) is 9.80 Å². The van der Waals surface area contributed by atoms with Crippen molar-refractivity contribution in [2.45, 2.75) is 43.6 Å². The van der Waals surface area contributed by atoms with Crippen LogP contribution >= 0.6 is 0 Å². The van der Waals surface area contributed by atoms with Gasteiger partial charge in [0.1, 0.15) is 23.7 Å². The van der Waals surface area contributed by atoms with Gasteiger partial charge in [-0.25, -0.2) is 13.2 Å². The molecule has 0 bridgehead atoms. The van der Waals surface area contributed by atoms with Crippen LogP contribution in [0.2, 0.25) is 0 Å². The largest absolute Gasteiger partial charge is 0.342 e. The minimum Gasteiger partial charge on any atom is -0.342 e. The molecule has 9 heteroatoms. The molecule has 3 saturated heterocycles. The average molecular weight is 455 g/mol. The minimum atomic E-state index is -1.09. The lowest BCUT2D eigenvalue weighted by Gasteiger charge is -2.37. The van der Waals surface area contributed by atoms with E-state index in [0.717, 1.165) is 18.2 Å². The fourth-order valence-electron chi connectivity index (χ4n) is 5.17. The van der Waals surface area contributed by atoms with Gasteiger partial charge in [0.15, 0.2) is 5.60 Å². The Kier molecular flexibility index (Phi) is 5.13. The third-order valence-corrected chi connectivity index (χ3v) is 6.72. The van der Waals surface area contributed by atoms with Crippen molar-refractivity contribution in [2.24, 2.45) is 0 Å². The molecule has 3 heterocycles. The Morgan fingerprint density at radius 2 is 1.67 bits per heavy atom. The van der Waals surface area contributed by atoms with Crippen molar-refractivity contribution in [1.29, 1.82) is 5.26 Å². The van der Waals surface area contributed by atoms with Gasteiger partial charge < -0.3 is 14.5 Å². The van der Waals surface area contributed by atoms with Crippen LogP contribution in [-0.2, 0) is 9.53 Å². The summed E-state index contributed by atoms with van der Waals surface area (Å²) in [5, 5.41) is 9.02. The van der Waals surface area contributed by atoms with Crippen LogP contribution in [0, 0.1) is 28.8 Å². The van der Waals surface area contributed by atoms with Crippen LogP contribution in [0.25, 0.3) is 0 Å². The molecule has 3 fully saturated rings. The molecule has 0 radical (unpaired) electrons. The first kappa shape index (κ1) is 21.5. The van der Waals surface area contributed by atoms with Crippen LogP contribution in [0.5, 0.6) is 0 Å². The first-order valence-corrected chi connectivity index (χ1v) is 10.8. The van der Waals surface area contributed by atoms with Gasteiger partial charge in [-0.05, 0) is 48.7 Å². The highest BCUT2D eigenvalue weighted by atomic mass is 19.1. The van der Waals surface area contributed by atoms with E-state index < -0.39 is 41.2 Å². The van der Waals surface area contributed by atoms with Crippen LogP contribution in [0.4, 0.5) is 13.2 Å². The second-order valence-electron chi connectivity index (χ2n) is 8.71. The molecule has 0 saturated carbocycles. The maximum absolute atomic E-state index is 13.8. The lowest BCUT2D eigenvalue weighted by atomic mass is 9.89. The van der Waals surface area contributed by atoms with E-state index in [9.17, 15) is 22.8 Å². The van der Waals surface area contributed by atoms with Crippen molar-refractivity contribution in [3.63, 3.8) is 0 Å². The van der Waals surface area contributed by atoms with E-state index >= 15 is 0 Å². The number of likely N-dealkylation sites (tertiary alicyclic amines) is 1. The van der Waals surface area contributed by atoms with Crippen molar-refractivity contribution < 1.29 is 27.5 Å². The number of nitriles is 1. The zero-order valence-electron chi connectivity index (χ0n) is 17.6. The van der Waals surface area contributed by atoms with E-state index in [1.54, 1.807) is 4.90 Å². The SMILES string of the molecule is N#Cc1cc(F)cc(C(=O)N2CCC3(CC2)OC2CCC(c4cc(F)cc(F)c4)N2C3=O)c1. The van der Waals surface area contributed by atoms with Crippen LogP contribution in [0.1, 0.15) is 53.2 Å². The van der Waals surface area contributed by atoms with Gasteiger partial charge in [-0.2, -0.15) is 5.26 Å². The summed E-state index contributed by atoms with van der Waals surface area (Å²) >= 11 is 0. The summed E-state index contributed by atoms with van der Waals surface area (Å²) in [6.07, 6.45) is 1.14. The molecule has 1 spiro atoms. The zero-order valence-corrected chi connectivity index (χ0v) is 17.6. The van der Waals surface area contributed by atoms with E-state index in [4.69, 9.17) is 10.00 Å². The second kappa shape index (κ2) is 7.89. The molecule has 170 valence electrons. The molecule has 0 aliphatic carbocycles. The van der Waals surface area contributed by atoms with Crippen molar-refractivity contribution >= 4 is 11.8 Å². The summed E-state index contributed by atoms with van der Waals surface area (Å²) in [5.41, 5.74) is -0.557. The number of halogens is 3. The summed E-state index contributed by atoms with van der Waals surface area (Å²) in [6, 6.07) is 8.12. The number of ether oxygens (including phenoxy) is 1. The van der Waals surface area contributed by atoms with Gasteiger partial charge in [0, 0.05) is 37.6 Å². The quantitative estimate of drug-likeness (QED) is 0.693. The molecule has 5 rings (SSSR count). The van der Waals surface area contributed by atoms with E-state index in [1.165, 1.54) is 23.1 Å². The molecule has 2 atom stereocenters. The van der Waals surface area contributed by atoms with Gasteiger partial charge in [0.2, 0.25) is 0 Å². The number of hydrogen-bond donors (Lipinski definition) is 0. The average Bonchev–Trinajstić information content (AvgIpc) is 3.31. The molecule has 3 aliphatic heterocycles. The van der Waals surface area contributed by atoms with E-state index in [2.05, 4.69) is 0 Å². The molecule has 2 aromatic rings. The third-order valence-electron chi connectivity index (χ3n) is 6.72. The second-order valence-corrected chi connectivity index (χ2v) is 8.71. The number of hydrogen-bond acceptors (Lipinski definition) is 4. The Balaban J connectivity index is 1.32. The molecule has 2 aromatic carbocycles. The highest BCUT2D eigenvalue weighted by molar-refractivity contribution is 5.95. The number of nitrogens with zero attached hydrogens (tertiary/aromatic N) is 3. The van der Waals surface area contributed by atoms with Gasteiger partial charge >= 0.3 is 0 Å². The van der Waals surface area contributed by atoms with Crippen LogP contribution < -0.4 is 0 Å². The highest BCUT2D eigenvalue weighted by Gasteiger charge is 2.58. The molecule has 0 N–H and O–H groups in total. The molecular formula is C24H20F3N3O3. The molecule has 2 unspecified atom stereocenters. The number of fused-ring (bicyclic) bond motifs is 1. The standard InChI is InChI=1S/C24H20F3N3O3/c25-17-8-14(13-28)7-16(11-17)22(31)29-5-3-24(4-6-29)23(32)30-20(1-2-21(30)33-24)15-9-18(26)12-19(27)10-15/h7-12,20-21H,1-6H2. The summed E-state index contributed by atoms with van der Waals surface area (Å²) in [5.74, 6) is -2.70. The molecule has 33 heavy (non-hydrogen) atoms. The molecule has 2 amide bonds.